The van der Waals surface area contributed by atoms with E-state index in [0.29, 0.717) is 11.3 Å². The molecule has 2 rings (SSSR count). The predicted molar refractivity (Wildman–Crippen MR) is 96.1 cm³/mol. The van der Waals surface area contributed by atoms with Gasteiger partial charge in [-0.3, -0.25) is 14.9 Å². The molecule has 0 spiro atoms. The van der Waals surface area contributed by atoms with Crippen molar-refractivity contribution in [2.45, 2.75) is 32.9 Å². The molecule has 0 fully saturated rings. The highest BCUT2D eigenvalue weighted by molar-refractivity contribution is 6.32. The van der Waals surface area contributed by atoms with E-state index >= 15 is 0 Å². The Hall–Kier alpha value is -2.60. The zero-order chi connectivity index (χ0) is 18.6. The van der Waals surface area contributed by atoms with Crippen LogP contribution in [0.2, 0.25) is 5.02 Å². The van der Waals surface area contributed by atoms with Crippen molar-refractivity contribution in [2.75, 3.05) is 0 Å². The number of nitro groups is 1. The first-order chi connectivity index (χ1) is 11.7. The van der Waals surface area contributed by atoms with Crippen LogP contribution in [0.4, 0.5) is 5.69 Å². The van der Waals surface area contributed by atoms with E-state index in [-0.39, 0.29) is 28.8 Å². The Kier molecular flexibility index (Phi) is 5.64. The molecule has 7 heteroatoms. The minimum atomic E-state index is -0.521. The molecule has 0 unspecified atom stereocenters. The fraction of sp³-hybridized carbons (Fsp3) is 0.278. The first-order valence-corrected chi connectivity index (χ1v) is 8.02. The maximum absolute atomic E-state index is 12.2. The van der Waals surface area contributed by atoms with E-state index < -0.39 is 4.92 Å². The number of nitrogens with one attached hydrogen (secondary N) is 1. The molecule has 1 amide bonds. The van der Waals surface area contributed by atoms with E-state index in [0.717, 1.165) is 5.56 Å². The summed E-state index contributed by atoms with van der Waals surface area (Å²) < 4.78 is 5.61. The van der Waals surface area contributed by atoms with Crippen molar-refractivity contribution in [1.29, 1.82) is 0 Å². The van der Waals surface area contributed by atoms with E-state index in [1.807, 2.05) is 26.8 Å². The second-order valence-electron chi connectivity index (χ2n) is 6.57. The molecule has 0 atom stereocenters. The van der Waals surface area contributed by atoms with Crippen molar-refractivity contribution >= 4 is 23.2 Å². The Morgan fingerprint density at radius 1 is 1.24 bits per heavy atom. The lowest BCUT2D eigenvalue weighted by Gasteiger charge is -2.20. The van der Waals surface area contributed by atoms with E-state index in [9.17, 15) is 14.9 Å². The third kappa shape index (κ3) is 5.46. The van der Waals surface area contributed by atoms with Crippen LogP contribution in [0.3, 0.4) is 0 Å². The maximum Gasteiger partial charge on any atom is 0.271 e. The van der Waals surface area contributed by atoms with Gasteiger partial charge in [-0.05, 0) is 44.5 Å². The number of nitrogens with zero attached hydrogens (tertiary/aromatic N) is 1. The molecule has 1 N–H and O–H groups in total. The van der Waals surface area contributed by atoms with Gasteiger partial charge in [0.25, 0.3) is 11.6 Å². The van der Waals surface area contributed by atoms with E-state index in [1.54, 1.807) is 18.2 Å². The Labute approximate surface area is 150 Å². The van der Waals surface area contributed by atoms with Crippen LogP contribution in [-0.2, 0) is 6.61 Å². The number of nitro benzene ring substituents is 1. The first kappa shape index (κ1) is 18.7. The van der Waals surface area contributed by atoms with Crippen molar-refractivity contribution in [3.8, 4) is 5.75 Å². The van der Waals surface area contributed by atoms with Gasteiger partial charge in [0.1, 0.15) is 12.4 Å². The minimum Gasteiger partial charge on any atom is -0.487 e. The number of benzene rings is 2. The molecule has 0 aromatic heterocycles. The van der Waals surface area contributed by atoms with Crippen molar-refractivity contribution in [3.63, 3.8) is 0 Å². The third-order valence-electron chi connectivity index (χ3n) is 3.20. The zero-order valence-corrected chi connectivity index (χ0v) is 15.0. The highest BCUT2D eigenvalue weighted by atomic mass is 35.5. The molecule has 0 radical (unpaired) electrons. The van der Waals surface area contributed by atoms with Crippen molar-refractivity contribution in [1.82, 2.24) is 5.32 Å². The van der Waals surface area contributed by atoms with Crippen LogP contribution in [0.5, 0.6) is 5.75 Å². The smallest absolute Gasteiger partial charge is 0.271 e. The lowest BCUT2D eigenvalue weighted by molar-refractivity contribution is -0.384. The van der Waals surface area contributed by atoms with Crippen LogP contribution >= 0.6 is 11.6 Å². The van der Waals surface area contributed by atoms with Gasteiger partial charge in [-0.2, -0.15) is 0 Å². The van der Waals surface area contributed by atoms with E-state index in [2.05, 4.69) is 5.32 Å². The van der Waals surface area contributed by atoms with E-state index in [1.165, 1.54) is 18.2 Å². The number of rotatable bonds is 5. The molecule has 25 heavy (non-hydrogen) atoms. The number of amides is 1. The van der Waals surface area contributed by atoms with Crippen LogP contribution in [0.1, 0.15) is 36.7 Å². The molecular formula is C18H19ClN2O4. The molecular weight excluding hydrogens is 344 g/mol. The van der Waals surface area contributed by atoms with Gasteiger partial charge < -0.3 is 10.1 Å². The maximum atomic E-state index is 12.2. The van der Waals surface area contributed by atoms with Crippen LogP contribution in [0, 0.1) is 10.1 Å². The van der Waals surface area contributed by atoms with Crippen LogP contribution < -0.4 is 10.1 Å². The van der Waals surface area contributed by atoms with E-state index in [4.69, 9.17) is 16.3 Å². The SMILES string of the molecule is CC(C)(C)NC(=O)c1cccc(COc2ccc([N+](=O)[O-])cc2Cl)c1. The van der Waals surface area contributed by atoms with Crippen LogP contribution in [0.15, 0.2) is 42.5 Å². The van der Waals surface area contributed by atoms with Crippen LogP contribution in [0.25, 0.3) is 0 Å². The van der Waals surface area contributed by atoms with Crippen LogP contribution in [-0.4, -0.2) is 16.4 Å². The number of hydrogen-bond donors (Lipinski definition) is 1. The van der Waals surface area contributed by atoms with Gasteiger partial charge in [0.2, 0.25) is 0 Å². The highest BCUT2D eigenvalue weighted by Gasteiger charge is 2.15. The van der Waals surface area contributed by atoms with Gasteiger partial charge in [-0.1, -0.05) is 23.7 Å². The molecule has 0 aliphatic carbocycles. The Morgan fingerprint density at radius 3 is 2.56 bits per heavy atom. The summed E-state index contributed by atoms with van der Waals surface area (Å²) in [6.45, 7) is 5.92. The summed E-state index contributed by atoms with van der Waals surface area (Å²) in [6, 6.07) is 11.1. The number of ether oxygens (including phenoxy) is 1. The topological polar surface area (TPSA) is 81.5 Å². The Bertz CT molecular complexity index is 800. The van der Waals surface area contributed by atoms with Crippen molar-refractivity contribution < 1.29 is 14.5 Å². The normalized spacial score (nSPS) is 11.0. The number of carbonyl (C=O) groups is 1. The minimum absolute atomic E-state index is 0.0989. The average Bonchev–Trinajstić information content (AvgIpc) is 2.52. The molecule has 0 aliphatic rings. The quantitative estimate of drug-likeness (QED) is 0.633. The Balaban J connectivity index is 2.08. The number of non-ortho nitro benzene ring substituents is 1. The molecule has 0 heterocycles. The summed E-state index contributed by atoms with van der Waals surface area (Å²) in [5.41, 5.74) is 0.899. The van der Waals surface area contributed by atoms with Gasteiger partial charge in [-0.15, -0.1) is 0 Å². The Morgan fingerprint density at radius 2 is 1.96 bits per heavy atom. The third-order valence-corrected chi connectivity index (χ3v) is 3.49. The van der Waals surface area contributed by atoms with Crippen molar-refractivity contribution in [3.05, 3.63) is 68.7 Å². The molecule has 2 aromatic carbocycles. The zero-order valence-electron chi connectivity index (χ0n) is 14.2. The molecule has 132 valence electrons. The number of halogens is 1. The van der Waals surface area contributed by atoms with Gasteiger partial charge in [0, 0.05) is 23.2 Å². The van der Waals surface area contributed by atoms with Gasteiger partial charge >= 0.3 is 0 Å². The monoisotopic (exact) mass is 362 g/mol. The molecule has 6 nitrogen and oxygen atoms in total. The fourth-order valence-corrected chi connectivity index (χ4v) is 2.33. The van der Waals surface area contributed by atoms with Gasteiger partial charge in [0.05, 0.1) is 9.95 Å². The number of carbonyl (C=O) groups excluding carboxylic acids is 1. The first-order valence-electron chi connectivity index (χ1n) is 7.64. The molecule has 2 aromatic rings. The van der Waals surface area contributed by atoms with Crippen molar-refractivity contribution in [2.24, 2.45) is 0 Å². The summed E-state index contributed by atoms with van der Waals surface area (Å²) in [5.74, 6) is 0.180. The highest BCUT2D eigenvalue weighted by Crippen LogP contribution is 2.29. The largest absolute Gasteiger partial charge is 0.487 e. The summed E-state index contributed by atoms with van der Waals surface area (Å²) >= 11 is 6.00. The lowest BCUT2D eigenvalue weighted by atomic mass is 10.1. The molecule has 0 aliphatic heterocycles. The van der Waals surface area contributed by atoms with Gasteiger partial charge in [0.15, 0.2) is 0 Å². The molecule has 0 saturated heterocycles. The second kappa shape index (κ2) is 7.53. The summed E-state index contributed by atoms with van der Waals surface area (Å²) in [7, 11) is 0. The predicted octanol–water partition coefficient (Wildman–Crippen LogP) is 4.36. The second-order valence-corrected chi connectivity index (χ2v) is 6.97. The average molecular weight is 363 g/mol. The standard InChI is InChI=1S/C18H19ClN2O4/c1-18(2,3)20-17(22)13-6-4-5-12(9-13)11-25-16-8-7-14(21(23)24)10-15(16)19/h4-10H,11H2,1-3H3,(H,20,22). The summed E-state index contributed by atoms with van der Waals surface area (Å²) in [4.78, 5) is 22.4. The summed E-state index contributed by atoms with van der Waals surface area (Å²) in [5, 5.41) is 13.8. The number of hydrogen-bond acceptors (Lipinski definition) is 4. The summed E-state index contributed by atoms with van der Waals surface area (Å²) in [6.07, 6.45) is 0. The van der Waals surface area contributed by atoms with Gasteiger partial charge in [-0.25, -0.2) is 0 Å². The molecule has 0 saturated carbocycles. The lowest BCUT2D eigenvalue weighted by Crippen LogP contribution is -2.40. The molecule has 0 bridgehead atoms. The fourth-order valence-electron chi connectivity index (χ4n) is 2.10.